The number of benzene rings is 1. The number of H-pyrrole nitrogens is 1. The zero-order valence-electron chi connectivity index (χ0n) is 16.1. The Kier molecular flexibility index (Phi) is 5.19. The van der Waals surface area contributed by atoms with Gasteiger partial charge in [-0.25, -0.2) is 4.39 Å². The van der Waals surface area contributed by atoms with Crippen LogP contribution in [0.1, 0.15) is 48.2 Å². The molecule has 5 nitrogen and oxygen atoms in total. The van der Waals surface area contributed by atoms with Crippen LogP contribution in [-0.2, 0) is 0 Å². The van der Waals surface area contributed by atoms with Crippen molar-refractivity contribution in [1.29, 1.82) is 0 Å². The number of rotatable bonds is 4. The van der Waals surface area contributed by atoms with Crippen LogP contribution < -0.4 is 10.6 Å². The summed E-state index contributed by atoms with van der Waals surface area (Å²) in [6, 6.07) is 6.13. The molecule has 3 N–H and O–H groups in total. The zero-order valence-corrected chi connectivity index (χ0v) is 16.1. The lowest BCUT2D eigenvalue weighted by atomic mass is 9.90. The van der Waals surface area contributed by atoms with Crippen LogP contribution in [0.5, 0.6) is 0 Å². The average Bonchev–Trinajstić information content (AvgIpc) is 3.33. The Morgan fingerprint density at radius 1 is 1.26 bits per heavy atom. The standard InChI is InChI=1S/C21H29FN4O/c1-13-6-7-18(22)17-11-19(25-20(13)17)21(27)24-14-4-3-5-16(10-14)26-9-8-15(12-26)23-2/h6-7,11,14-16,23,25H,3-5,8-10,12H2,1-2H3,(H,24,27)/t14-,15+,16+/m1/s1. The Hall–Kier alpha value is -1.92. The molecule has 146 valence electrons. The second-order valence-corrected chi connectivity index (χ2v) is 8.10. The summed E-state index contributed by atoms with van der Waals surface area (Å²) >= 11 is 0. The summed E-state index contributed by atoms with van der Waals surface area (Å²) in [6.45, 7) is 4.15. The molecule has 2 fully saturated rings. The molecule has 1 aromatic heterocycles. The summed E-state index contributed by atoms with van der Waals surface area (Å²) in [7, 11) is 2.03. The fourth-order valence-electron chi connectivity index (χ4n) is 4.69. The van der Waals surface area contributed by atoms with E-state index in [0.29, 0.717) is 28.7 Å². The second kappa shape index (κ2) is 7.60. The highest BCUT2D eigenvalue weighted by atomic mass is 19.1. The Bertz CT molecular complexity index is 794. The van der Waals surface area contributed by atoms with Crippen molar-refractivity contribution in [2.24, 2.45) is 0 Å². The molecule has 1 saturated carbocycles. The number of halogens is 1. The van der Waals surface area contributed by atoms with Crippen molar-refractivity contribution >= 4 is 16.8 Å². The molecule has 1 aliphatic carbocycles. The van der Waals surface area contributed by atoms with Gasteiger partial charge < -0.3 is 15.6 Å². The first-order valence-electron chi connectivity index (χ1n) is 10.0. The number of hydrogen-bond acceptors (Lipinski definition) is 3. The van der Waals surface area contributed by atoms with Crippen LogP contribution in [0.15, 0.2) is 18.2 Å². The van der Waals surface area contributed by atoms with Crippen LogP contribution in [0.2, 0.25) is 0 Å². The number of nitrogens with zero attached hydrogens (tertiary/aromatic N) is 1. The van der Waals surface area contributed by atoms with Crippen molar-refractivity contribution in [3.8, 4) is 0 Å². The predicted molar refractivity (Wildman–Crippen MR) is 106 cm³/mol. The van der Waals surface area contributed by atoms with E-state index in [1.165, 1.54) is 18.9 Å². The number of likely N-dealkylation sites (tertiary alicyclic amines) is 1. The molecule has 0 radical (unpaired) electrons. The number of aryl methyl sites for hydroxylation is 1. The number of aromatic nitrogens is 1. The van der Waals surface area contributed by atoms with Gasteiger partial charge in [0.25, 0.3) is 5.91 Å². The summed E-state index contributed by atoms with van der Waals surface area (Å²) in [5.74, 6) is -0.429. The van der Waals surface area contributed by atoms with Gasteiger partial charge in [-0.3, -0.25) is 9.69 Å². The van der Waals surface area contributed by atoms with E-state index in [9.17, 15) is 9.18 Å². The predicted octanol–water partition coefficient (Wildman–Crippen LogP) is 2.95. The first-order valence-corrected chi connectivity index (χ1v) is 10.0. The molecule has 27 heavy (non-hydrogen) atoms. The van der Waals surface area contributed by atoms with Gasteiger partial charge in [-0.2, -0.15) is 0 Å². The molecule has 2 aliphatic rings. The van der Waals surface area contributed by atoms with Gasteiger partial charge in [0.15, 0.2) is 0 Å². The van der Waals surface area contributed by atoms with Crippen LogP contribution in [-0.4, -0.2) is 54.1 Å². The van der Waals surface area contributed by atoms with Crippen LogP contribution in [0.25, 0.3) is 10.9 Å². The SMILES string of the molecule is CN[C@H]1CCN([C@H]2CCC[C@@H](NC(=O)c3cc4c(F)ccc(C)c4[nH]3)C2)C1. The van der Waals surface area contributed by atoms with Gasteiger partial charge in [0, 0.05) is 36.6 Å². The molecule has 1 aliphatic heterocycles. The number of hydrogen-bond donors (Lipinski definition) is 3. The smallest absolute Gasteiger partial charge is 0.267 e. The van der Waals surface area contributed by atoms with Gasteiger partial charge in [0.2, 0.25) is 0 Å². The molecule has 0 unspecified atom stereocenters. The van der Waals surface area contributed by atoms with E-state index in [4.69, 9.17) is 0 Å². The van der Waals surface area contributed by atoms with Crippen LogP contribution in [0.4, 0.5) is 4.39 Å². The van der Waals surface area contributed by atoms with Crippen molar-refractivity contribution in [2.45, 2.75) is 57.2 Å². The molecule has 0 bridgehead atoms. The summed E-state index contributed by atoms with van der Waals surface area (Å²) < 4.78 is 14.0. The van der Waals surface area contributed by atoms with Crippen molar-refractivity contribution in [2.75, 3.05) is 20.1 Å². The minimum Gasteiger partial charge on any atom is -0.350 e. The normalized spacial score (nSPS) is 26.6. The molecule has 3 atom stereocenters. The van der Waals surface area contributed by atoms with Crippen LogP contribution in [0.3, 0.4) is 0 Å². The first-order chi connectivity index (χ1) is 13.0. The Morgan fingerprint density at radius 3 is 2.85 bits per heavy atom. The van der Waals surface area contributed by atoms with E-state index in [0.717, 1.165) is 37.9 Å². The third-order valence-electron chi connectivity index (χ3n) is 6.32. The number of amides is 1. The summed E-state index contributed by atoms with van der Waals surface area (Å²) in [4.78, 5) is 18.4. The molecule has 4 rings (SSSR count). The van der Waals surface area contributed by atoms with Gasteiger partial charge in [-0.05, 0) is 63.8 Å². The van der Waals surface area contributed by atoms with Crippen LogP contribution in [0, 0.1) is 12.7 Å². The molecular weight excluding hydrogens is 343 g/mol. The maximum absolute atomic E-state index is 14.0. The zero-order chi connectivity index (χ0) is 19.0. The van der Waals surface area contributed by atoms with Crippen molar-refractivity contribution in [1.82, 2.24) is 20.5 Å². The first kappa shape index (κ1) is 18.4. The third-order valence-corrected chi connectivity index (χ3v) is 6.32. The largest absolute Gasteiger partial charge is 0.350 e. The summed E-state index contributed by atoms with van der Waals surface area (Å²) in [5, 5.41) is 7.04. The Morgan fingerprint density at radius 2 is 2.11 bits per heavy atom. The summed E-state index contributed by atoms with van der Waals surface area (Å²) in [5.41, 5.74) is 2.09. The maximum Gasteiger partial charge on any atom is 0.267 e. The van der Waals surface area contributed by atoms with Crippen molar-refractivity contribution < 1.29 is 9.18 Å². The molecule has 1 saturated heterocycles. The van der Waals surface area contributed by atoms with E-state index in [-0.39, 0.29) is 17.8 Å². The van der Waals surface area contributed by atoms with E-state index in [1.807, 2.05) is 14.0 Å². The average molecular weight is 372 g/mol. The molecule has 2 aromatic rings. The molecule has 1 amide bonds. The van der Waals surface area contributed by atoms with Crippen LogP contribution >= 0.6 is 0 Å². The highest BCUT2D eigenvalue weighted by Gasteiger charge is 2.32. The number of aromatic amines is 1. The lowest BCUT2D eigenvalue weighted by molar-refractivity contribution is 0.0899. The quantitative estimate of drug-likeness (QED) is 0.773. The number of likely N-dealkylation sites (N-methyl/N-ethyl adjacent to an activating group) is 1. The number of fused-ring (bicyclic) bond motifs is 1. The fourth-order valence-corrected chi connectivity index (χ4v) is 4.69. The van der Waals surface area contributed by atoms with E-state index < -0.39 is 0 Å². The number of carbonyl (C=O) groups excluding carboxylic acids is 1. The van der Waals surface area contributed by atoms with Crippen molar-refractivity contribution in [3.05, 3.63) is 35.3 Å². The topological polar surface area (TPSA) is 60.2 Å². The Balaban J connectivity index is 1.42. The van der Waals surface area contributed by atoms with E-state index in [1.54, 1.807) is 12.1 Å². The lowest BCUT2D eigenvalue weighted by Gasteiger charge is -2.35. The number of nitrogens with one attached hydrogen (secondary N) is 3. The fraction of sp³-hybridized carbons (Fsp3) is 0.571. The highest BCUT2D eigenvalue weighted by molar-refractivity contribution is 5.99. The van der Waals surface area contributed by atoms with E-state index in [2.05, 4.69) is 20.5 Å². The Labute approximate surface area is 159 Å². The van der Waals surface area contributed by atoms with Gasteiger partial charge in [0.05, 0.1) is 5.52 Å². The van der Waals surface area contributed by atoms with Gasteiger partial charge in [-0.1, -0.05) is 6.07 Å². The molecular formula is C21H29FN4O. The van der Waals surface area contributed by atoms with Gasteiger partial charge in [-0.15, -0.1) is 0 Å². The molecule has 0 spiro atoms. The van der Waals surface area contributed by atoms with Crippen molar-refractivity contribution in [3.63, 3.8) is 0 Å². The van der Waals surface area contributed by atoms with E-state index >= 15 is 0 Å². The minimum absolute atomic E-state index is 0.134. The maximum atomic E-state index is 14.0. The van der Waals surface area contributed by atoms with Gasteiger partial charge in [0.1, 0.15) is 11.5 Å². The molecule has 2 heterocycles. The lowest BCUT2D eigenvalue weighted by Crippen LogP contribution is -2.46. The highest BCUT2D eigenvalue weighted by Crippen LogP contribution is 2.27. The third kappa shape index (κ3) is 3.73. The monoisotopic (exact) mass is 372 g/mol. The van der Waals surface area contributed by atoms with Gasteiger partial charge >= 0.3 is 0 Å². The molecule has 1 aromatic carbocycles. The molecule has 6 heteroatoms. The minimum atomic E-state index is -0.295. The second-order valence-electron chi connectivity index (χ2n) is 8.10. The number of carbonyl (C=O) groups is 1. The summed E-state index contributed by atoms with van der Waals surface area (Å²) in [6.07, 6.45) is 5.55.